The molecule has 0 aromatic heterocycles. The first-order valence-electron chi connectivity index (χ1n) is 7.85. The first-order chi connectivity index (χ1) is 11.3. The second-order valence-corrected chi connectivity index (χ2v) is 6.64. The monoisotopic (exact) mass is 332 g/mol. The highest BCUT2D eigenvalue weighted by Crippen LogP contribution is 2.29. The summed E-state index contributed by atoms with van der Waals surface area (Å²) < 4.78 is 26.4. The molecule has 0 aliphatic carbocycles. The van der Waals surface area contributed by atoms with E-state index < -0.39 is 11.6 Å². The van der Waals surface area contributed by atoms with E-state index in [0.29, 0.717) is 6.54 Å². The highest BCUT2D eigenvalue weighted by molar-refractivity contribution is 5.91. The summed E-state index contributed by atoms with van der Waals surface area (Å²) >= 11 is 0. The molecule has 0 atom stereocenters. The first-order valence-corrected chi connectivity index (χ1v) is 7.85. The number of halogens is 2. The van der Waals surface area contributed by atoms with Crippen molar-refractivity contribution in [2.45, 2.75) is 32.6 Å². The fourth-order valence-electron chi connectivity index (χ4n) is 2.41. The van der Waals surface area contributed by atoms with Crippen LogP contribution in [0.5, 0.6) is 0 Å². The summed E-state index contributed by atoms with van der Waals surface area (Å²) in [6, 6.07) is 11.0. The molecule has 24 heavy (non-hydrogen) atoms. The zero-order valence-corrected chi connectivity index (χ0v) is 14.1. The maximum absolute atomic E-state index is 13.5. The molecule has 1 amide bonds. The minimum atomic E-state index is -0.783. The molecule has 2 rings (SSSR count). The van der Waals surface area contributed by atoms with Gasteiger partial charge in [-0.15, -0.1) is 0 Å². The quantitative estimate of drug-likeness (QED) is 0.833. The van der Waals surface area contributed by atoms with E-state index in [1.54, 1.807) is 0 Å². The highest BCUT2D eigenvalue weighted by Gasteiger charge is 2.17. The molecule has 0 unspecified atom stereocenters. The Morgan fingerprint density at radius 1 is 1.04 bits per heavy atom. The topological polar surface area (TPSA) is 41.1 Å². The third kappa shape index (κ3) is 4.78. The Bertz CT molecular complexity index is 724. The summed E-state index contributed by atoms with van der Waals surface area (Å²) in [7, 11) is 0. The van der Waals surface area contributed by atoms with Crippen LogP contribution in [0.3, 0.4) is 0 Å². The molecule has 0 bridgehead atoms. The SMILES string of the molecule is CC(C)(C)c1ccccc1NCCC(=O)Nc1ccc(F)cc1F. The fraction of sp³-hybridized carbons (Fsp3) is 0.316. The van der Waals surface area contributed by atoms with E-state index in [0.717, 1.165) is 23.4 Å². The van der Waals surface area contributed by atoms with Crippen LogP contribution in [0.2, 0.25) is 0 Å². The van der Waals surface area contributed by atoms with Gasteiger partial charge >= 0.3 is 0 Å². The van der Waals surface area contributed by atoms with Crippen LogP contribution in [0, 0.1) is 11.6 Å². The number of amides is 1. The largest absolute Gasteiger partial charge is 0.384 e. The zero-order chi connectivity index (χ0) is 17.7. The molecule has 2 aromatic carbocycles. The molecule has 0 radical (unpaired) electrons. The normalized spacial score (nSPS) is 11.2. The number of rotatable bonds is 5. The minimum Gasteiger partial charge on any atom is -0.384 e. The summed E-state index contributed by atoms with van der Waals surface area (Å²) in [5, 5.41) is 5.69. The molecule has 0 saturated heterocycles. The van der Waals surface area contributed by atoms with Gasteiger partial charge in [0.15, 0.2) is 0 Å². The van der Waals surface area contributed by atoms with Crippen LogP contribution in [-0.4, -0.2) is 12.5 Å². The van der Waals surface area contributed by atoms with Crippen LogP contribution >= 0.6 is 0 Å². The Morgan fingerprint density at radius 3 is 2.42 bits per heavy atom. The van der Waals surface area contributed by atoms with Crippen LogP contribution < -0.4 is 10.6 Å². The van der Waals surface area contributed by atoms with E-state index in [9.17, 15) is 13.6 Å². The summed E-state index contributed by atoms with van der Waals surface area (Å²) in [4.78, 5) is 11.9. The number of hydrogen-bond donors (Lipinski definition) is 2. The number of carbonyl (C=O) groups is 1. The lowest BCUT2D eigenvalue weighted by Crippen LogP contribution is -2.19. The van der Waals surface area contributed by atoms with E-state index in [1.807, 2.05) is 18.2 Å². The summed E-state index contributed by atoms with van der Waals surface area (Å²) in [6.45, 7) is 6.79. The van der Waals surface area contributed by atoms with Gasteiger partial charge in [0.25, 0.3) is 0 Å². The molecule has 128 valence electrons. The van der Waals surface area contributed by atoms with Crippen molar-refractivity contribution in [2.75, 3.05) is 17.2 Å². The van der Waals surface area contributed by atoms with Gasteiger partial charge in [0, 0.05) is 24.7 Å². The van der Waals surface area contributed by atoms with Crippen molar-refractivity contribution in [2.24, 2.45) is 0 Å². The Hall–Kier alpha value is -2.43. The average molecular weight is 332 g/mol. The molecular formula is C19H22F2N2O. The Labute approximate surface area is 141 Å². The molecule has 0 fully saturated rings. The summed E-state index contributed by atoms with van der Waals surface area (Å²) in [6.07, 6.45) is 0.176. The predicted octanol–water partition coefficient (Wildman–Crippen LogP) is 4.70. The van der Waals surface area contributed by atoms with Crippen LogP contribution in [-0.2, 0) is 10.2 Å². The van der Waals surface area contributed by atoms with Gasteiger partial charge in [-0.25, -0.2) is 8.78 Å². The zero-order valence-electron chi connectivity index (χ0n) is 14.1. The number of para-hydroxylation sites is 1. The third-order valence-corrected chi connectivity index (χ3v) is 3.61. The molecular weight excluding hydrogens is 310 g/mol. The molecule has 3 nitrogen and oxygen atoms in total. The lowest BCUT2D eigenvalue weighted by Gasteiger charge is -2.23. The molecule has 0 aliphatic heterocycles. The van der Waals surface area contributed by atoms with E-state index in [1.165, 1.54) is 6.07 Å². The van der Waals surface area contributed by atoms with Gasteiger partial charge in [0.05, 0.1) is 5.69 Å². The standard InChI is InChI=1S/C19H22F2N2O/c1-19(2,3)14-6-4-5-7-16(14)22-11-10-18(24)23-17-9-8-13(20)12-15(17)21/h4-9,12,22H,10-11H2,1-3H3,(H,23,24). The number of anilines is 2. The average Bonchev–Trinajstić information content (AvgIpc) is 2.49. The van der Waals surface area contributed by atoms with E-state index in [4.69, 9.17) is 0 Å². The Balaban J connectivity index is 1.92. The molecule has 2 N–H and O–H groups in total. The van der Waals surface area contributed by atoms with Crippen molar-refractivity contribution in [3.8, 4) is 0 Å². The molecule has 0 spiro atoms. The van der Waals surface area contributed by atoms with Crippen molar-refractivity contribution in [1.29, 1.82) is 0 Å². The number of carbonyl (C=O) groups excluding carboxylic acids is 1. The predicted molar refractivity (Wildman–Crippen MR) is 93.2 cm³/mol. The van der Waals surface area contributed by atoms with Gasteiger partial charge in [0.1, 0.15) is 11.6 Å². The minimum absolute atomic E-state index is 0.0108. The summed E-state index contributed by atoms with van der Waals surface area (Å²) in [5.41, 5.74) is 2.11. The van der Waals surface area contributed by atoms with Gasteiger partial charge in [0.2, 0.25) is 5.91 Å². The van der Waals surface area contributed by atoms with E-state index >= 15 is 0 Å². The maximum Gasteiger partial charge on any atom is 0.226 e. The number of hydrogen-bond acceptors (Lipinski definition) is 2. The van der Waals surface area contributed by atoms with Gasteiger partial charge in [-0.3, -0.25) is 4.79 Å². The van der Waals surface area contributed by atoms with Gasteiger partial charge in [-0.05, 0) is 29.2 Å². The molecule has 0 heterocycles. The second kappa shape index (κ2) is 7.43. The van der Waals surface area contributed by atoms with Crippen LogP contribution in [0.25, 0.3) is 0 Å². The van der Waals surface area contributed by atoms with Crippen LogP contribution in [0.4, 0.5) is 20.2 Å². The molecule has 0 saturated carbocycles. The van der Waals surface area contributed by atoms with E-state index in [2.05, 4.69) is 37.5 Å². The summed E-state index contributed by atoms with van der Waals surface area (Å²) in [5.74, 6) is -1.79. The van der Waals surface area contributed by atoms with Crippen molar-refractivity contribution < 1.29 is 13.6 Å². The fourth-order valence-corrected chi connectivity index (χ4v) is 2.41. The number of benzene rings is 2. The van der Waals surface area contributed by atoms with Crippen molar-refractivity contribution in [3.05, 3.63) is 59.7 Å². The first kappa shape index (κ1) is 17.9. The van der Waals surface area contributed by atoms with Crippen LogP contribution in [0.15, 0.2) is 42.5 Å². The molecule has 5 heteroatoms. The van der Waals surface area contributed by atoms with E-state index in [-0.39, 0.29) is 23.4 Å². The maximum atomic E-state index is 13.5. The van der Waals surface area contributed by atoms with Crippen molar-refractivity contribution in [1.82, 2.24) is 0 Å². The molecule has 2 aromatic rings. The highest BCUT2D eigenvalue weighted by atomic mass is 19.1. The Kier molecular flexibility index (Phi) is 5.54. The van der Waals surface area contributed by atoms with Crippen molar-refractivity contribution >= 4 is 17.3 Å². The Morgan fingerprint density at radius 2 is 1.75 bits per heavy atom. The van der Waals surface area contributed by atoms with Gasteiger partial charge in [-0.1, -0.05) is 39.0 Å². The second-order valence-electron chi connectivity index (χ2n) is 6.64. The van der Waals surface area contributed by atoms with Crippen molar-refractivity contribution in [3.63, 3.8) is 0 Å². The molecule has 0 aliphatic rings. The van der Waals surface area contributed by atoms with Crippen LogP contribution in [0.1, 0.15) is 32.8 Å². The number of nitrogens with one attached hydrogen (secondary N) is 2. The smallest absolute Gasteiger partial charge is 0.226 e. The third-order valence-electron chi connectivity index (χ3n) is 3.61. The van der Waals surface area contributed by atoms with Gasteiger partial charge in [-0.2, -0.15) is 0 Å². The van der Waals surface area contributed by atoms with Gasteiger partial charge < -0.3 is 10.6 Å². The lowest BCUT2D eigenvalue weighted by atomic mass is 9.86. The lowest BCUT2D eigenvalue weighted by molar-refractivity contribution is -0.116.